The maximum atomic E-state index is 9.96. The molecule has 0 N–H and O–H groups in total. The minimum atomic E-state index is 0.395. The normalized spacial score (nSPS) is 15.4. The third-order valence-corrected chi connectivity index (χ3v) is 1.05. The van der Waals surface area contributed by atoms with Crippen molar-refractivity contribution >= 4 is 6.41 Å². The van der Waals surface area contributed by atoms with Gasteiger partial charge in [-0.3, -0.25) is 9.80 Å². The van der Waals surface area contributed by atoms with Crippen molar-refractivity contribution in [1.82, 2.24) is 10.0 Å². The van der Waals surface area contributed by atoms with Gasteiger partial charge in [-0.15, -0.1) is 0 Å². The first-order chi connectivity index (χ1) is 4.34. The second-order valence-corrected chi connectivity index (χ2v) is 1.64. The summed E-state index contributed by atoms with van der Waals surface area (Å²) in [6.07, 6.45) is 4.86. The van der Waals surface area contributed by atoms with E-state index in [0.717, 1.165) is 0 Å². The predicted molar refractivity (Wildman–Crippen MR) is 30.4 cm³/mol. The molecule has 0 bridgehead atoms. The highest BCUT2D eigenvalue weighted by Crippen LogP contribution is 2.00. The number of hydrogen-bond acceptors (Lipinski definition) is 3. The first-order valence-electron chi connectivity index (χ1n) is 2.51. The number of amides is 1. The summed E-state index contributed by atoms with van der Waals surface area (Å²) in [6.45, 7) is 0.395. The fourth-order valence-corrected chi connectivity index (χ4v) is 0.515. The molecule has 0 aromatic carbocycles. The van der Waals surface area contributed by atoms with Gasteiger partial charge in [0.25, 0.3) is 0 Å². The predicted octanol–water partition coefficient (Wildman–Crippen LogP) is -0.339. The molecule has 1 radical (unpaired) electrons. The molecule has 0 saturated carbocycles. The van der Waals surface area contributed by atoms with E-state index >= 15 is 0 Å². The number of nitrogens with zero attached hydrogens (tertiary/aromatic N) is 2. The molecule has 0 spiro atoms. The van der Waals surface area contributed by atoms with Gasteiger partial charge in [0.1, 0.15) is 6.26 Å². The van der Waals surface area contributed by atoms with E-state index < -0.39 is 0 Å². The van der Waals surface area contributed by atoms with Crippen molar-refractivity contribution in [3.8, 4) is 0 Å². The number of hydrogen-bond donors (Lipinski definition) is 0. The molecule has 0 fully saturated rings. The maximum Gasteiger partial charge on any atom is 0.332 e. The molecule has 49 valence electrons. The molecule has 4 nitrogen and oxygen atoms in total. The zero-order chi connectivity index (χ0) is 6.69. The largest absolute Gasteiger partial charge is 0.477 e. The van der Waals surface area contributed by atoms with Crippen LogP contribution < -0.4 is 0 Å². The number of rotatable bonds is 2. The highest BCUT2D eigenvalue weighted by molar-refractivity contribution is 5.46. The second kappa shape index (κ2) is 2.39. The van der Waals surface area contributed by atoms with Crippen molar-refractivity contribution in [3.05, 3.63) is 12.5 Å². The van der Waals surface area contributed by atoms with Crippen LogP contribution in [0.5, 0.6) is 0 Å². The van der Waals surface area contributed by atoms with Crippen LogP contribution in [0, 0.1) is 0 Å². The molecule has 1 heterocycles. The van der Waals surface area contributed by atoms with E-state index in [1.807, 2.05) is 0 Å². The van der Waals surface area contributed by atoms with Crippen molar-refractivity contribution in [2.45, 2.75) is 0 Å². The molecule has 9 heavy (non-hydrogen) atoms. The van der Waals surface area contributed by atoms with E-state index in [1.54, 1.807) is 24.7 Å². The first-order valence-corrected chi connectivity index (χ1v) is 2.51. The zero-order valence-corrected chi connectivity index (χ0v) is 5.07. The highest BCUT2D eigenvalue weighted by atomic mass is 16.5. The summed E-state index contributed by atoms with van der Waals surface area (Å²) in [5.41, 5.74) is 0. The van der Waals surface area contributed by atoms with Gasteiger partial charge in [0.2, 0.25) is 0 Å². The van der Waals surface area contributed by atoms with Gasteiger partial charge in [0.15, 0.2) is 6.73 Å². The van der Waals surface area contributed by atoms with E-state index in [2.05, 4.69) is 0 Å². The zero-order valence-electron chi connectivity index (χ0n) is 5.07. The van der Waals surface area contributed by atoms with E-state index in [4.69, 9.17) is 4.74 Å². The van der Waals surface area contributed by atoms with Crippen LogP contribution in [0.2, 0.25) is 0 Å². The first kappa shape index (κ1) is 5.94. The Bertz CT molecular complexity index is 135. The van der Waals surface area contributed by atoms with Crippen LogP contribution >= 0.6 is 0 Å². The van der Waals surface area contributed by atoms with Gasteiger partial charge in [0.05, 0.1) is 6.20 Å². The second-order valence-electron chi connectivity index (χ2n) is 1.64. The summed E-state index contributed by atoms with van der Waals surface area (Å²) in [5.74, 6) is 0. The van der Waals surface area contributed by atoms with E-state index in [-0.39, 0.29) is 0 Å². The molecular weight excluding hydrogens is 120 g/mol. The molecular formula is C5H7N2O2. The molecule has 1 aliphatic heterocycles. The quantitative estimate of drug-likeness (QED) is 0.476. The molecule has 0 atom stereocenters. The average molecular weight is 127 g/mol. The van der Waals surface area contributed by atoms with Crippen molar-refractivity contribution in [2.75, 3.05) is 13.8 Å². The summed E-state index contributed by atoms with van der Waals surface area (Å²) in [7, 11) is 1.60. The highest BCUT2D eigenvalue weighted by Gasteiger charge is 2.08. The Morgan fingerprint density at radius 1 is 1.89 bits per heavy atom. The van der Waals surface area contributed by atoms with Crippen molar-refractivity contribution < 1.29 is 9.53 Å². The van der Waals surface area contributed by atoms with Crippen LogP contribution in [0.4, 0.5) is 0 Å². The summed E-state index contributed by atoms with van der Waals surface area (Å²) in [4.78, 5) is 9.96. The van der Waals surface area contributed by atoms with Crippen LogP contribution in [0.25, 0.3) is 0 Å². The summed E-state index contributed by atoms with van der Waals surface area (Å²) in [5, 5.41) is 2.87. The molecule has 4 heteroatoms. The van der Waals surface area contributed by atoms with Crippen LogP contribution in [0.1, 0.15) is 0 Å². The molecule has 1 rings (SSSR count). The number of carbonyl (C=O) groups excluding carboxylic acids is 1. The fraction of sp³-hybridized carbons (Fsp3) is 0.400. The van der Waals surface area contributed by atoms with Crippen LogP contribution in [-0.4, -0.2) is 30.2 Å². The van der Waals surface area contributed by atoms with E-state index in [9.17, 15) is 4.79 Å². The minimum Gasteiger partial charge on any atom is -0.477 e. The van der Waals surface area contributed by atoms with Crippen LogP contribution in [-0.2, 0) is 9.53 Å². The number of ether oxygens (including phenoxy) is 1. The lowest BCUT2D eigenvalue weighted by Gasteiger charge is -2.19. The van der Waals surface area contributed by atoms with E-state index in [1.165, 1.54) is 11.3 Å². The topological polar surface area (TPSA) is 32.8 Å². The SMILES string of the molecule is CN([C]=O)N1C=COC1. The van der Waals surface area contributed by atoms with Crippen LogP contribution in [0.15, 0.2) is 12.5 Å². The van der Waals surface area contributed by atoms with Crippen molar-refractivity contribution in [1.29, 1.82) is 0 Å². The fourth-order valence-electron chi connectivity index (χ4n) is 0.515. The molecule has 0 aliphatic carbocycles. The molecule has 1 amide bonds. The Kier molecular flexibility index (Phi) is 1.58. The van der Waals surface area contributed by atoms with Crippen molar-refractivity contribution in [2.24, 2.45) is 0 Å². The van der Waals surface area contributed by atoms with Gasteiger partial charge in [0, 0.05) is 7.05 Å². The van der Waals surface area contributed by atoms with Gasteiger partial charge >= 0.3 is 6.41 Å². The van der Waals surface area contributed by atoms with Crippen molar-refractivity contribution in [3.63, 3.8) is 0 Å². The Labute approximate surface area is 53.3 Å². The molecule has 0 aromatic rings. The Morgan fingerprint density at radius 2 is 2.67 bits per heavy atom. The van der Waals surface area contributed by atoms with Gasteiger partial charge in [-0.1, -0.05) is 0 Å². The lowest BCUT2D eigenvalue weighted by molar-refractivity contribution is 0.0534. The molecule has 0 aromatic heterocycles. The third kappa shape index (κ3) is 1.13. The molecule has 1 aliphatic rings. The van der Waals surface area contributed by atoms with E-state index in [0.29, 0.717) is 6.73 Å². The average Bonchev–Trinajstić information content (AvgIpc) is 2.37. The van der Waals surface area contributed by atoms with Gasteiger partial charge in [-0.2, -0.15) is 0 Å². The Hall–Kier alpha value is -1.19. The molecule has 0 unspecified atom stereocenters. The monoisotopic (exact) mass is 127 g/mol. The lowest BCUT2D eigenvalue weighted by Crippen LogP contribution is -2.33. The summed E-state index contributed by atoms with van der Waals surface area (Å²) >= 11 is 0. The third-order valence-electron chi connectivity index (χ3n) is 1.05. The Balaban J connectivity index is 2.42. The maximum absolute atomic E-state index is 9.96. The molecule has 0 saturated heterocycles. The standard InChI is InChI=1S/C5H7N2O2/c1-6(4-8)7-2-3-9-5-7/h2-3H,5H2,1H3. The number of hydrazine groups is 1. The van der Waals surface area contributed by atoms with Gasteiger partial charge < -0.3 is 4.74 Å². The van der Waals surface area contributed by atoms with Gasteiger partial charge in [-0.25, -0.2) is 5.01 Å². The lowest BCUT2D eigenvalue weighted by atomic mass is 10.9. The van der Waals surface area contributed by atoms with Gasteiger partial charge in [-0.05, 0) is 0 Å². The minimum absolute atomic E-state index is 0.395. The summed E-state index contributed by atoms with van der Waals surface area (Å²) in [6, 6.07) is 0. The Morgan fingerprint density at radius 3 is 3.11 bits per heavy atom. The van der Waals surface area contributed by atoms with Crippen LogP contribution in [0.3, 0.4) is 0 Å². The summed E-state index contributed by atoms with van der Waals surface area (Å²) < 4.78 is 4.80. The smallest absolute Gasteiger partial charge is 0.332 e.